The molecule has 0 bridgehead atoms. The average molecular weight is 233 g/mol. The van der Waals surface area contributed by atoms with Crippen molar-refractivity contribution in [3.63, 3.8) is 0 Å². The third kappa shape index (κ3) is 5.36. The summed E-state index contributed by atoms with van der Waals surface area (Å²) in [7, 11) is 2.09. The summed E-state index contributed by atoms with van der Waals surface area (Å²) in [6.07, 6.45) is 5.05. The Kier molecular flexibility index (Phi) is 6.28. The van der Waals surface area contributed by atoms with Crippen molar-refractivity contribution < 1.29 is 0 Å². The SMILES string of the molecule is CNC(CCc1ccccc1C)CCC(C)C. The Morgan fingerprint density at radius 1 is 1.06 bits per heavy atom. The van der Waals surface area contributed by atoms with Gasteiger partial charge in [0.15, 0.2) is 0 Å². The minimum Gasteiger partial charge on any atom is -0.317 e. The summed E-state index contributed by atoms with van der Waals surface area (Å²) in [5.74, 6) is 0.810. The number of rotatable bonds is 7. The normalized spacial score (nSPS) is 13.0. The van der Waals surface area contributed by atoms with Gasteiger partial charge in [-0.1, -0.05) is 38.1 Å². The van der Waals surface area contributed by atoms with Gasteiger partial charge in [-0.3, -0.25) is 0 Å². The van der Waals surface area contributed by atoms with Crippen LogP contribution in [-0.4, -0.2) is 13.1 Å². The van der Waals surface area contributed by atoms with Gasteiger partial charge in [0.25, 0.3) is 0 Å². The zero-order valence-corrected chi connectivity index (χ0v) is 11.8. The molecule has 1 aromatic carbocycles. The smallest absolute Gasteiger partial charge is 0.00673 e. The molecule has 17 heavy (non-hydrogen) atoms. The second-order valence-electron chi connectivity index (χ2n) is 5.42. The van der Waals surface area contributed by atoms with E-state index in [1.54, 1.807) is 0 Å². The third-order valence-corrected chi connectivity index (χ3v) is 3.52. The highest BCUT2D eigenvalue weighted by Crippen LogP contribution is 2.14. The number of aryl methyl sites for hydroxylation is 2. The maximum absolute atomic E-state index is 3.45. The molecule has 0 saturated carbocycles. The van der Waals surface area contributed by atoms with Crippen LogP contribution in [0.15, 0.2) is 24.3 Å². The summed E-state index contributed by atoms with van der Waals surface area (Å²) in [4.78, 5) is 0. The standard InChI is InChI=1S/C16H27N/c1-13(2)9-11-16(17-4)12-10-15-8-6-5-7-14(15)3/h5-8,13,16-17H,9-12H2,1-4H3. The van der Waals surface area contributed by atoms with Gasteiger partial charge in [0.05, 0.1) is 0 Å². The zero-order valence-electron chi connectivity index (χ0n) is 11.8. The molecule has 0 radical (unpaired) electrons. The lowest BCUT2D eigenvalue weighted by molar-refractivity contribution is 0.433. The molecule has 0 amide bonds. The molecule has 0 spiro atoms. The van der Waals surface area contributed by atoms with E-state index in [1.807, 2.05) is 0 Å². The number of benzene rings is 1. The van der Waals surface area contributed by atoms with Crippen LogP contribution in [0.25, 0.3) is 0 Å². The van der Waals surface area contributed by atoms with Crippen LogP contribution >= 0.6 is 0 Å². The molecule has 0 aliphatic carbocycles. The summed E-state index contributed by atoms with van der Waals surface area (Å²) < 4.78 is 0. The fraction of sp³-hybridized carbons (Fsp3) is 0.625. The van der Waals surface area contributed by atoms with E-state index in [-0.39, 0.29) is 0 Å². The predicted octanol–water partition coefficient (Wildman–Crippen LogP) is 3.95. The van der Waals surface area contributed by atoms with Crippen LogP contribution in [0.1, 0.15) is 44.2 Å². The molecule has 1 nitrogen and oxygen atoms in total. The van der Waals surface area contributed by atoms with Crippen LogP contribution in [0.5, 0.6) is 0 Å². The summed E-state index contributed by atoms with van der Waals surface area (Å²) >= 11 is 0. The largest absolute Gasteiger partial charge is 0.317 e. The highest BCUT2D eigenvalue weighted by Gasteiger charge is 2.08. The lowest BCUT2D eigenvalue weighted by Gasteiger charge is -2.17. The van der Waals surface area contributed by atoms with Crippen LogP contribution in [0.4, 0.5) is 0 Å². The van der Waals surface area contributed by atoms with Crippen molar-refractivity contribution in [2.45, 2.75) is 52.5 Å². The van der Waals surface area contributed by atoms with E-state index in [1.165, 1.54) is 36.8 Å². The molecule has 1 heteroatoms. The molecular formula is C16H27N. The number of hydrogen-bond acceptors (Lipinski definition) is 1. The van der Waals surface area contributed by atoms with Crippen molar-refractivity contribution in [2.24, 2.45) is 5.92 Å². The first-order chi connectivity index (χ1) is 8.13. The van der Waals surface area contributed by atoms with Gasteiger partial charge in [-0.25, -0.2) is 0 Å². The Bertz CT molecular complexity index is 317. The van der Waals surface area contributed by atoms with E-state index in [4.69, 9.17) is 0 Å². The van der Waals surface area contributed by atoms with E-state index in [0.717, 1.165) is 5.92 Å². The Balaban J connectivity index is 2.40. The zero-order chi connectivity index (χ0) is 12.7. The van der Waals surface area contributed by atoms with Crippen LogP contribution in [0.3, 0.4) is 0 Å². The fourth-order valence-corrected chi connectivity index (χ4v) is 2.19. The maximum atomic E-state index is 3.45. The highest BCUT2D eigenvalue weighted by atomic mass is 14.9. The summed E-state index contributed by atoms with van der Waals surface area (Å²) in [6, 6.07) is 9.39. The molecule has 0 aliphatic rings. The van der Waals surface area contributed by atoms with Crippen molar-refractivity contribution >= 4 is 0 Å². The van der Waals surface area contributed by atoms with Crippen molar-refractivity contribution in [3.8, 4) is 0 Å². The lowest BCUT2D eigenvalue weighted by Crippen LogP contribution is -2.26. The van der Waals surface area contributed by atoms with E-state index in [0.29, 0.717) is 6.04 Å². The van der Waals surface area contributed by atoms with Crippen molar-refractivity contribution in [1.29, 1.82) is 0 Å². The van der Waals surface area contributed by atoms with Crippen LogP contribution < -0.4 is 5.32 Å². The van der Waals surface area contributed by atoms with E-state index in [9.17, 15) is 0 Å². The summed E-state index contributed by atoms with van der Waals surface area (Å²) in [5.41, 5.74) is 2.92. The molecule has 1 aromatic rings. The second-order valence-corrected chi connectivity index (χ2v) is 5.42. The van der Waals surface area contributed by atoms with Gasteiger partial charge < -0.3 is 5.32 Å². The van der Waals surface area contributed by atoms with Gasteiger partial charge in [-0.05, 0) is 56.7 Å². The molecule has 0 aliphatic heterocycles. The van der Waals surface area contributed by atoms with Gasteiger partial charge >= 0.3 is 0 Å². The average Bonchev–Trinajstić information content (AvgIpc) is 2.31. The number of hydrogen-bond donors (Lipinski definition) is 1. The molecule has 1 atom stereocenters. The highest BCUT2D eigenvalue weighted by molar-refractivity contribution is 5.25. The third-order valence-electron chi connectivity index (χ3n) is 3.52. The molecule has 96 valence electrons. The first-order valence-electron chi connectivity index (χ1n) is 6.85. The Hall–Kier alpha value is -0.820. The van der Waals surface area contributed by atoms with Crippen molar-refractivity contribution in [1.82, 2.24) is 5.32 Å². The summed E-state index contributed by atoms with van der Waals surface area (Å²) in [6.45, 7) is 6.81. The molecule has 1 rings (SSSR count). The van der Waals surface area contributed by atoms with E-state index < -0.39 is 0 Å². The van der Waals surface area contributed by atoms with Gasteiger partial charge in [0, 0.05) is 6.04 Å². The molecule has 1 unspecified atom stereocenters. The first kappa shape index (κ1) is 14.2. The molecule has 1 N–H and O–H groups in total. The lowest BCUT2D eigenvalue weighted by atomic mass is 9.96. The Morgan fingerprint density at radius 3 is 2.35 bits per heavy atom. The van der Waals surface area contributed by atoms with Gasteiger partial charge in [-0.15, -0.1) is 0 Å². The molecular weight excluding hydrogens is 206 g/mol. The van der Waals surface area contributed by atoms with Crippen LogP contribution in [-0.2, 0) is 6.42 Å². The predicted molar refractivity (Wildman–Crippen MR) is 76.4 cm³/mol. The summed E-state index contributed by atoms with van der Waals surface area (Å²) in [5, 5.41) is 3.45. The monoisotopic (exact) mass is 233 g/mol. The molecule has 0 aromatic heterocycles. The van der Waals surface area contributed by atoms with E-state index in [2.05, 4.69) is 57.4 Å². The van der Waals surface area contributed by atoms with Crippen molar-refractivity contribution in [2.75, 3.05) is 7.05 Å². The Labute approximate surface area is 107 Å². The quantitative estimate of drug-likeness (QED) is 0.752. The van der Waals surface area contributed by atoms with Crippen molar-refractivity contribution in [3.05, 3.63) is 35.4 Å². The minimum absolute atomic E-state index is 0.664. The number of nitrogens with one attached hydrogen (secondary N) is 1. The molecule has 0 saturated heterocycles. The molecule has 0 heterocycles. The van der Waals surface area contributed by atoms with Gasteiger partial charge in [0.2, 0.25) is 0 Å². The van der Waals surface area contributed by atoms with E-state index >= 15 is 0 Å². The maximum Gasteiger partial charge on any atom is 0.00673 e. The second kappa shape index (κ2) is 7.50. The van der Waals surface area contributed by atoms with Gasteiger partial charge in [-0.2, -0.15) is 0 Å². The Morgan fingerprint density at radius 2 is 1.76 bits per heavy atom. The van der Waals surface area contributed by atoms with Gasteiger partial charge in [0.1, 0.15) is 0 Å². The fourth-order valence-electron chi connectivity index (χ4n) is 2.19. The molecule has 0 fully saturated rings. The van der Waals surface area contributed by atoms with Crippen LogP contribution in [0, 0.1) is 12.8 Å². The van der Waals surface area contributed by atoms with Crippen LogP contribution in [0.2, 0.25) is 0 Å². The first-order valence-corrected chi connectivity index (χ1v) is 6.85. The topological polar surface area (TPSA) is 12.0 Å². The minimum atomic E-state index is 0.664.